The number of carbonyl (C=O) groups excluding carboxylic acids is 1. The van der Waals surface area contributed by atoms with Gasteiger partial charge in [-0.2, -0.15) is 4.98 Å². The fourth-order valence-electron chi connectivity index (χ4n) is 6.42. The number of aromatic nitrogens is 4. The molecule has 1 amide bonds. The second kappa shape index (κ2) is 14.3. The number of aryl methyl sites for hydroxylation is 2. The molecule has 264 valence electrons. The second-order valence-electron chi connectivity index (χ2n) is 14.3. The maximum absolute atomic E-state index is 14.6. The van der Waals surface area contributed by atoms with E-state index in [1.807, 2.05) is 39.1 Å². The van der Waals surface area contributed by atoms with Crippen LogP contribution in [-0.2, 0) is 16.6 Å². The summed E-state index contributed by atoms with van der Waals surface area (Å²) in [5.74, 6) is 0.534. The Morgan fingerprint density at radius 3 is 2.46 bits per heavy atom. The Morgan fingerprint density at radius 2 is 1.76 bits per heavy atom. The van der Waals surface area contributed by atoms with Crippen molar-refractivity contribution in [3.63, 3.8) is 0 Å². The van der Waals surface area contributed by atoms with Crippen LogP contribution in [-0.4, -0.2) is 64.9 Å². The van der Waals surface area contributed by atoms with Crippen LogP contribution in [0.25, 0.3) is 11.3 Å². The smallest absolute Gasteiger partial charge is 0.264 e. The Bertz CT molecular complexity index is 1960. The number of anilines is 2. The lowest BCUT2D eigenvalue weighted by Gasteiger charge is -2.36. The van der Waals surface area contributed by atoms with E-state index in [9.17, 15) is 13.2 Å². The maximum atomic E-state index is 14.6. The molecule has 12 heteroatoms. The summed E-state index contributed by atoms with van der Waals surface area (Å²) in [7, 11) is -2.14. The van der Waals surface area contributed by atoms with Gasteiger partial charge in [0.1, 0.15) is 12.4 Å². The molecular formula is C38H47N7O4S. The van der Waals surface area contributed by atoms with E-state index in [1.165, 1.54) is 18.6 Å². The van der Waals surface area contributed by atoms with Gasteiger partial charge in [0.2, 0.25) is 11.8 Å². The summed E-state index contributed by atoms with van der Waals surface area (Å²) < 4.78 is 36.5. The zero-order valence-electron chi connectivity index (χ0n) is 29.8. The molecule has 1 N–H and O–H groups in total. The quantitative estimate of drug-likeness (QED) is 0.197. The van der Waals surface area contributed by atoms with Crippen LogP contribution in [0.2, 0.25) is 0 Å². The SMILES string of the molecule is CCC(C)(C)CCC1COc2cc(-c3c(C)cccc3C)nc(n2)NS(=O)(=O)c2cccc(c2)C(=O)N1Cc1cncc(N(C)C2CCC2)n1. The zero-order chi connectivity index (χ0) is 35.6. The van der Waals surface area contributed by atoms with E-state index in [1.54, 1.807) is 35.5 Å². The highest BCUT2D eigenvalue weighted by atomic mass is 32.2. The molecule has 2 aromatic heterocycles. The van der Waals surface area contributed by atoms with Crippen molar-refractivity contribution < 1.29 is 17.9 Å². The number of fused-ring (bicyclic) bond motifs is 4. The molecule has 2 aliphatic rings. The highest BCUT2D eigenvalue weighted by Gasteiger charge is 2.31. The van der Waals surface area contributed by atoms with Crippen LogP contribution < -0.4 is 14.4 Å². The average Bonchev–Trinajstić information content (AvgIpc) is 3.06. The van der Waals surface area contributed by atoms with Crippen LogP contribution in [0.1, 0.15) is 86.5 Å². The first-order valence-electron chi connectivity index (χ1n) is 17.4. The van der Waals surface area contributed by atoms with Crippen molar-refractivity contribution in [2.75, 3.05) is 23.3 Å². The summed E-state index contributed by atoms with van der Waals surface area (Å²) in [6, 6.07) is 13.8. The van der Waals surface area contributed by atoms with Gasteiger partial charge in [-0.1, -0.05) is 51.5 Å². The molecule has 4 aromatic rings. The number of hydrogen-bond acceptors (Lipinski definition) is 9. The van der Waals surface area contributed by atoms with E-state index in [4.69, 9.17) is 9.72 Å². The van der Waals surface area contributed by atoms with Gasteiger partial charge in [0.15, 0.2) is 0 Å². The topological polar surface area (TPSA) is 131 Å². The Balaban J connectivity index is 1.46. The highest BCUT2D eigenvalue weighted by Crippen LogP contribution is 2.33. The number of rotatable bonds is 9. The van der Waals surface area contributed by atoms with Crippen molar-refractivity contribution in [1.29, 1.82) is 0 Å². The van der Waals surface area contributed by atoms with E-state index < -0.39 is 16.1 Å². The molecule has 1 unspecified atom stereocenters. The molecule has 1 aliphatic carbocycles. The summed E-state index contributed by atoms with van der Waals surface area (Å²) in [5.41, 5.74) is 4.27. The third-order valence-corrected chi connectivity index (χ3v) is 11.6. The summed E-state index contributed by atoms with van der Waals surface area (Å²) in [5, 5.41) is 0. The molecule has 0 radical (unpaired) electrons. The number of ether oxygens (including phenoxy) is 1. The number of carbonyl (C=O) groups is 1. The number of nitrogens with zero attached hydrogens (tertiary/aromatic N) is 6. The van der Waals surface area contributed by atoms with Gasteiger partial charge < -0.3 is 14.5 Å². The van der Waals surface area contributed by atoms with Gasteiger partial charge in [-0.15, -0.1) is 0 Å². The molecule has 3 heterocycles. The van der Waals surface area contributed by atoms with E-state index >= 15 is 0 Å². The normalized spacial score (nSPS) is 17.8. The molecule has 0 saturated heterocycles. The Morgan fingerprint density at radius 1 is 1.02 bits per heavy atom. The standard InChI is InChI=1S/C38H47N7O4S/c1-7-38(4,5)18-17-30-24-49-34-20-32(35-25(2)11-8-12-26(35)3)41-37(42-34)43-50(47,48)31-16-9-13-27(19-31)36(46)45(30)23-28-21-39-22-33(40-28)44(6)29-14-10-15-29/h8-9,11-13,16,19-22,29-30H,7,10,14-15,17-18,23-24H2,1-6H3,(H,41,42,43). The van der Waals surface area contributed by atoms with Gasteiger partial charge >= 0.3 is 0 Å². The summed E-state index contributed by atoms with van der Waals surface area (Å²) >= 11 is 0. The fourth-order valence-corrected chi connectivity index (χ4v) is 7.41. The summed E-state index contributed by atoms with van der Waals surface area (Å²) in [6.45, 7) is 10.9. The highest BCUT2D eigenvalue weighted by molar-refractivity contribution is 7.92. The van der Waals surface area contributed by atoms with Crippen LogP contribution in [0.15, 0.2) is 65.8 Å². The van der Waals surface area contributed by atoms with Crippen LogP contribution in [0.4, 0.5) is 11.8 Å². The van der Waals surface area contributed by atoms with Crippen molar-refractivity contribution >= 4 is 27.7 Å². The van der Waals surface area contributed by atoms with Crippen LogP contribution >= 0.6 is 0 Å². The predicted octanol–water partition coefficient (Wildman–Crippen LogP) is 6.96. The van der Waals surface area contributed by atoms with Crippen molar-refractivity contribution in [3.05, 3.63) is 83.3 Å². The first kappa shape index (κ1) is 35.3. The first-order valence-corrected chi connectivity index (χ1v) is 18.9. The third kappa shape index (κ3) is 7.75. The molecule has 1 aliphatic heterocycles. The minimum Gasteiger partial charge on any atom is -0.475 e. The minimum atomic E-state index is -4.17. The fraction of sp³-hybridized carbons (Fsp3) is 0.447. The molecular weight excluding hydrogens is 651 g/mol. The lowest BCUT2D eigenvalue weighted by atomic mass is 9.83. The first-order chi connectivity index (χ1) is 23.8. The second-order valence-corrected chi connectivity index (χ2v) is 16.0. The van der Waals surface area contributed by atoms with Gasteiger partial charge in [-0.05, 0) is 80.7 Å². The molecule has 6 rings (SSSR count). The third-order valence-electron chi connectivity index (χ3n) is 10.3. The Hall–Kier alpha value is -4.58. The van der Waals surface area contributed by atoms with E-state index in [-0.39, 0.29) is 46.8 Å². The van der Waals surface area contributed by atoms with Crippen molar-refractivity contribution in [1.82, 2.24) is 24.8 Å². The number of sulfonamides is 1. The monoisotopic (exact) mass is 697 g/mol. The average molecular weight is 698 g/mol. The molecule has 2 aromatic carbocycles. The molecule has 0 spiro atoms. The number of benzene rings is 2. The largest absolute Gasteiger partial charge is 0.475 e. The van der Waals surface area contributed by atoms with E-state index in [0.717, 1.165) is 48.2 Å². The van der Waals surface area contributed by atoms with Gasteiger partial charge in [-0.25, -0.2) is 23.1 Å². The van der Waals surface area contributed by atoms with Crippen LogP contribution in [0.3, 0.4) is 0 Å². The summed E-state index contributed by atoms with van der Waals surface area (Å²) in [4.78, 5) is 37.0. The lowest BCUT2D eigenvalue weighted by molar-refractivity contribution is 0.0545. The van der Waals surface area contributed by atoms with Crippen molar-refractivity contribution in [2.45, 2.75) is 96.7 Å². The molecule has 1 saturated carbocycles. The Kier molecular flexibility index (Phi) is 10.1. The number of hydrogen-bond donors (Lipinski definition) is 1. The minimum absolute atomic E-state index is 0.0244. The number of amides is 1. The van der Waals surface area contributed by atoms with Crippen LogP contribution in [0, 0.1) is 19.3 Å². The van der Waals surface area contributed by atoms with Gasteiger partial charge in [0, 0.05) is 30.3 Å². The predicted molar refractivity (Wildman–Crippen MR) is 195 cm³/mol. The molecule has 1 fully saturated rings. The van der Waals surface area contributed by atoms with Crippen LogP contribution in [0.5, 0.6) is 5.88 Å². The van der Waals surface area contributed by atoms with Gasteiger partial charge in [0.05, 0.1) is 41.3 Å². The van der Waals surface area contributed by atoms with Crippen molar-refractivity contribution in [3.8, 4) is 17.1 Å². The lowest BCUT2D eigenvalue weighted by Crippen LogP contribution is -2.44. The molecule has 1 atom stereocenters. The number of nitrogens with one attached hydrogen (secondary N) is 1. The molecule has 4 bridgehead atoms. The molecule has 11 nitrogen and oxygen atoms in total. The van der Waals surface area contributed by atoms with E-state index in [2.05, 4.69) is 45.3 Å². The maximum Gasteiger partial charge on any atom is 0.264 e. The van der Waals surface area contributed by atoms with Gasteiger partial charge in [-0.3, -0.25) is 9.78 Å². The van der Waals surface area contributed by atoms with E-state index in [0.29, 0.717) is 23.9 Å². The molecule has 50 heavy (non-hydrogen) atoms. The van der Waals surface area contributed by atoms with Gasteiger partial charge in [0.25, 0.3) is 15.9 Å². The zero-order valence-corrected chi connectivity index (χ0v) is 30.6. The Labute approximate surface area is 295 Å². The van der Waals surface area contributed by atoms with Crippen molar-refractivity contribution in [2.24, 2.45) is 5.41 Å². The summed E-state index contributed by atoms with van der Waals surface area (Å²) in [6.07, 6.45) is 9.32.